The van der Waals surface area contributed by atoms with Gasteiger partial charge in [0, 0.05) is 5.56 Å². The first-order valence-corrected chi connectivity index (χ1v) is 12.9. The van der Waals surface area contributed by atoms with Gasteiger partial charge in [-0.1, -0.05) is 110 Å². The summed E-state index contributed by atoms with van der Waals surface area (Å²) in [4.78, 5) is 0. The predicted molar refractivity (Wildman–Crippen MR) is 166 cm³/mol. The maximum atomic E-state index is 10.3. The van der Waals surface area contributed by atoms with E-state index < -0.39 is 0 Å². The highest BCUT2D eigenvalue weighted by atomic mass is 14.3. The molecule has 0 aliphatic carbocycles. The third-order valence-electron chi connectivity index (χ3n) is 7.14. The van der Waals surface area contributed by atoms with Gasteiger partial charge >= 0.3 is 0 Å². The van der Waals surface area contributed by atoms with E-state index in [9.17, 15) is 5.26 Å². The molecular weight excluding hydrogens is 458 g/mol. The molecule has 0 radical (unpaired) electrons. The summed E-state index contributed by atoms with van der Waals surface area (Å²) < 4.78 is 0. The lowest BCUT2D eigenvalue weighted by Crippen LogP contribution is -2.31. The summed E-state index contributed by atoms with van der Waals surface area (Å²) >= 11 is 0. The molecule has 0 amide bonds. The van der Waals surface area contributed by atoms with E-state index in [0.29, 0.717) is 5.56 Å². The maximum absolute atomic E-state index is 10.3. The second-order valence-corrected chi connectivity index (χ2v) is 9.54. The Kier molecular flexibility index (Phi) is 8.05. The number of fused-ring (bicyclic) bond motifs is 1. The van der Waals surface area contributed by atoms with Crippen LogP contribution >= 0.6 is 0 Å². The number of nitriles is 1. The molecule has 1 nitrogen and oxygen atoms in total. The third kappa shape index (κ3) is 5.22. The molecule has 4 aromatic carbocycles. The molecule has 0 spiro atoms. The van der Waals surface area contributed by atoms with Crippen LogP contribution in [0.25, 0.3) is 51.8 Å². The molecule has 1 heteroatoms. The van der Waals surface area contributed by atoms with Crippen molar-refractivity contribution in [2.24, 2.45) is 0 Å². The number of benzene rings is 4. The number of nitrogens with zero attached hydrogens (tertiary/aromatic N) is 1. The minimum Gasteiger partial charge on any atom is -0.192 e. The normalized spacial score (nSPS) is 12.8. The predicted octanol–water partition coefficient (Wildman–Crippen LogP) is 8.66. The van der Waals surface area contributed by atoms with Crippen LogP contribution in [0, 0.1) is 18.3 Å². The Hall–Kier alpha value is -4.67. The van der Waals surface area contributed by atoms with E-state index in [1.807, 2.05) is 25.2 Å². The molecule has 0 aliphatic heterocycles. The van der Waals surface area contributed by atoms with Gasteiger partial charge in [-0.05, 0) is 93.9 Å². The third-order valence-corrected chi connectivity index (χ3v) is 7.14. The van der Waals surface area contributed by atoms with Gasteiger partial charge in [-0.2, -0.15) is 5.26 Å². The van der Waals surface area contributed by atoms with E-state index in [2.05, 4.69) is 119 Å². The first-order chi connectivity index (χ1) is 18.4. The lowest BCUT2D eigenvalue weighted by atomic mass is 9.86. The molecule has 0 fully saturated rings. The van der Waals surface area contributed by atoms with Gasteiger partial charge in [0.1, 0.15) is 6.07 Å². The minimum atomic E-state index is 0.619. The monoisotopic (exact) mass is 491 g/mol. The number of hydrogen-bond donors (Lipinski definition) is 0. The molecule has 0 N–H and O–H groups in total. The van der Waals surface area contributed by atoms with Crippen LogP contribution in [-0.4, -0.2) is 0 Å². The van der Waals surface area contributed by atoms with E-state index in [-0.39, 0.29) is 0 Å². The Labute approximate surface area is 226 Å². The van der Waals surface area contributed by atoms with Crippen LogP contribution in [0.5, 0.6) is 0 Å². The highest BCUT2D eigenvalue weighted by molar-refractivity contribution is 5.88. The van der Waals surface area contributed by atoms with Crippen molar-refractivity contribution in [3.63, 3.8) is 0 Å². The van der Waals surface area contributed by atoms with E-state index in [1.54, 1.807) is 6.08 Å². The van der Waals surface area contributed by atoms with Crippen LogP contribution in [0.1, 0.15) is 37.5 Å². The zero-order valence-corrected chi connectivity index (χ0v) is 22.7. The number of allylic oxidation sites excluding steroid dienone is 6. The molecule has 4 aromatic rings. The highest BCUT2D eigenvalue weighted by Crippen LogP contribution is 2.32. The van der Waals surface area contributed by atoms with Gasteiger partial charge in [0.05, 0.1) is 5.56 Å². The van der Waals surface area contributed by atoms with Crippen LogP contribution in [0.15, 0.2) is 109 Å². The topological polar surface area (TPSA) is 23.8 Å². The first kappa shape index (κ1) is 26.4. The van der Waals surface area contributed by atoms with E-state index in [4.69, 9.17) is 0 Å². The second-order valence-electron chi connectivity index (χ2n) is 9.54. The van der Waals surface area contributed by atoms with Crippen molar-refractivity contribution in [3.8, 4) is 28.3 Å². The maximum Gasteiger partial charge on any atom is 0.100 e. The molecule has 186 valence electrons. The van der Waals surface area contributed by atoms with E-state index in [1.165, 1.54) is 21.9 Å². The molecule has 0 bridgehead atoms. The Morgan fingerprint density at radius 1 is 0.868 bits per heavy atom. The molecule has 0 heterocycles. The summed E-state index contributed by atoms with van der Waals surface area (Å²) in [5.74, 6) is 0. The van der Waals surface area contributed by atoms with Crippen LogP contribution < -0.4 is 10.4 Å². The fourth-order valence-electron chi connectivity index (χ4n) is 4.77. The van der Waals surface area contributed by atoms with E-state index in [0.717, 1.165) is 43.8 Å². The van der Waals surface area contributed by atoms with Crippen molar-refractivity contribution in [1.82, 2.24) is 0 Å². The second kappa shape index (κ2) is 11.6. The molecule has 0 saturated heterocycles. The quantitative estimate of drug-likeness (QED) is 0.248. The van der Waals surface area contributed by atoms with Gasteiger partial charge in [-0.25, -0.2) is 0 Å². The minimum absolute atomic E-state index is 0.619. The Morgan fingerprint density at radius 3 is 2.18 bits per heavy atom. The molecule has 0 atom stereocenters. The van der Waals surface area contributed by atoms with Crippen molar-refractivity contribution in [1.29, 1.82) is 5.26 Å². The lowest BCUT2D eigenvalue weighted by molar-refractivity contribution is 1.31. The van der Waals surface area contributed by atoms with Gasteiger partial charge < -0.3 is 0 Å². The zero-order chi connectivity index (χ0) is 27.2. The summed E-state index contributed by atoms with van der Waals surface area (Å²) in [6.07, 6.45) is 12.0. The van der Waals surface area contributed by atoms with E-state index >= 15 is 0 Å². The lowest BCUT2D eigenvalue weighted by Gasteiger charge is -2.16. The zero-order valence-electron chi connectivity index (χ0n) is 22.7. The molecule has 0 aliphatic rings. The SMILES string of the molecule is C=C/C=c1/c(C#N)c(-c2ccc(-c3ccc4ccccc4c3)cc2)c(/C=C(C)/C(C)=C/C=C\C)c(C)c1=C. The van der Waals surface area contributed by atoms with Crippen molar-refractivity contribution >= 4 is 29.5 Å². The average Bonchev–Trinajstić information content (AvgIpc) is 2.95. The van der Waals surface area contributed by atoms with Crippen molar-refractivity contribution in [2.75, 3.05) is 0 Å². The molecule has 0 aromatic heterocycles. The van der Waals surface area contributed by atoms with Crippen LogP contribution in [0.4, 0.5) is 0 Å². The van der Waals surface area contributed by atoms with Crippen LogP contribution in [0.3, 0.4) is 0 Å². The van der Waals surface area contributed by atoms with Crippen molar-refractivity contribution in [2.45, 2.75) is 27.7 Å². The fourth-order valence-corrected chi connectivity index (χ4v) is 4.77. The summed E-state index contributed by atoms with van der Waals surface area (Å²) in [7, 11) is 0. The van der Waals surface area contributed by atoms with Gasteiger partial charge in [0.25, 0.3) is 0 Å². The molecule has 0 unspecified atom stereocenters. The van der Waals surface area contributed by atoms with Gasteiger partial charge in [-0.3, -0.25) is 0 Å². The Balaban J connectivity index is 1.94. The Bertz CT molecular complexity index is 1770. The summed E-state index contributed by atoms with van der Waals surface area (Å²) in [6, 6.07) is 26.0. The largest absolute Gasteiger partial charge is 0.192 e. The molecule has 38 heavy (non-hydrogen) atoms. The van der Waals surface area contributed by atoms with Gasteiger partial charge in [-0.15, -0.1) is 0 Å². The number of rotatable bonds is 6. The standard InChI is InChI=1S/C37H33N/c1-7-9-13-25(3)26(4)22-35-28(6)27(5)34(12-8-2)36(24-38)37(35)31-19-16-30(17-20-31)33-21-18-29-14-10-11-15-32(29)23-33/h7-23H,2,5H2,1,3-4,6H3/b9-7-,25-13+,26-22+,34-12+. The van der Waals surface area contributed by atoms with Crippen LogP contribution in [0.2, 0.25) is 0 Å². The fraction of sp³-hybridized carbons (Fsp3) is 0.108. The summed E-state index contributed by atoms with van der Waals surface area (Å²) in [6.45, 7) is 16.5. The molecule has 4 rings (SSSR count). The smallest absolute Gasteiger partial charge is 0.100 e. The molecular formula is C37H33N. The van der Waals surface area contributed by atoms with Gasteiger partial charge in [0.15, 0.2) is 0 Å². The summed E-state index contributed by atoms with van der Waals surface area (Å²) in [5.41, 5.74) is 9.25. The summed E-state index contributed by atoms with van der Waals surface area (Å²) in [5, 5.41) is 14.5. The van der Waals surface area contributed by atoms with Crippen molar-refractivity contribution in [3.05, 3.63) is 136 Å². The first-order valence-electron chi connectivity index (χ1n) is 12.9. The Morgan fingerprint density at radius 2 is 1.53 bits per heavy atom. The van der Waals surface area contributed by atoms with Gasteiger partial charge in [0.2, 0.25) is 0 Å². The van der Waals surface area contributed by atoms with Crippen LogP contribution in [-0.2, 0) is 0 Å². The average molecular weight is 492 g/mol. The van der Waals surface area contributed by atoms with Crippen molar-refractivity contribution < 1.29 is 0 Å². The highest BCUT2D eigenvalue weighted by Gasteiger charge is 2.16. The molecule has 0 saturated carbocycles. The number of hydrogen-bond acceptors (Lipinski definition) is 1.